The van der Waals surface area contributed by atoms with Crippen molar-refractivity contribution in [1.82, 2.24) is 15.7 Å². The summed E-state index contributed by atoms with van der Waals surface area (Å²) in [5, 5.41) is 11.6. The summed E-state index contributed by atoms with van der Waals surface area (Å²) >= 11 is 0. The van der Waals surface area contributed by atoms with Crippen LogP contribution in [0, 0.1) is 0 Å². The van der Waals surface area contributed by atoms with E-state index >= 15 is 0 Å². The molecule has 0 atom stereocenters. The van der Waals surface area contributed by atoms with Gasteiger partial charge in [0.05, 0.1) is 0 Å². The number of nitrogens with zero attached hydrogens (tertiary/aromatic N) is 1. The van der Waals surface area contributed by atoms with Crippen molar-refractivity contribution in [2.45, 2.75) is 19.5 Å². The number of carbonyl (C=O) groups excluding carboxylic acids is 3. The summed E-state index contributed by atoms with van der Waals surface area (Å²) in [6.45, 7) is 0.953. The summed E-state index contributed by atoms with van der Waals surface area (Å²) in [4.78, 5) is 38.5. The smallest absolute Gasteiger partial charge is 0.274 e. The molecule has 0 unspecified atom stereocenters. The van der Waals surface area contributed by atoms with E-state index in [9.17, 15) is 14.4 Å². The Morgan fingerprint density at radius 1 is 0.750 bits per heavy atom. The normalized spacial score (nSPS) is 10.3. The highest BCUT2D eigenvalue weighted by atomic mass is 16.5. The van der Waals surface area contributed by atoms with E-state index in [1.165, 1.54) is 0 Å². The fraction of sp³-hybridized carbons (Fsp3) is 0.160. The summed E-state index contributed by atoms with van der Waals surface area (Å²) in [5.41, 5.74) is 4.23. The largest absolute Gasteiger partial charge is 0.352 e. The van der Waals surface area contributed by atoms with Crippen molar-refractivity contribution >= 4 is 17.7 Å². The second kappa shape index (κ2) is 11.4. The maximum atomic E-state index is 13.1. The zero-order valence-corrected chi connectivity index (χ0v) is 17.5. The molecule has 32 heavy (non-hydrogen) atoms. The molecule has 0 aliphatic carbocycles. The first kappa shape index (κ1) is 22.7. The van der Waals surface area contributed by atoms with E-state index in [0.717, 1.165) is 11.1 Å². The monoisotopic (exact) mass is 431 g/mol. The number of hydrogen-bond acceptors (Lipinski definition) is 4. The van der Waals surface area contributed by atoms with Gasteiger partial charge in [-0.05, 0) is 35.4 Å². The van der Waals surface area contributed by atoms with Crippen molar-refractivity contribution in [2.24, 2.45) is 0 Å². The molecule has 0 aromatic heterocycles. The van der Waals surface area contributed by atoms with Gasteiger partial charge in [-0.2, -0.15) is 0 Å². The minimum atomic E-state index is -0.608. The van der Waals surface area contributed by atoms with Gasteiger partial charge in [0.2, 0.25) is 5.91 Å². The Labute approximate surface area is 186 Å². The van der Waals surface area contributed by atoms with Crippen LogP contribution in [-0.4, -0.2) is 34.4 Å². The molecule has 3 aromatic rings. The third kappa shape index (κ3) is 6.52. The molecule has 0 aliphatic rings. The number of benzene rings is 3. The predicted octanol–water partition coefficient (Wildman–Crippen LogP) is 3.15. The lowest BCUT2D eigenvalue weighted by Gasteiger charge is -2.23. The Hall–Kier alpha value is -3.97. The lowest BCUT2D eigenvalue weighted by molar-refractivity contribution is -0.121. The van der Waals surface area contributed by atoms with Gasteiger partial charge >= 0.3 is 0 Å². The van der Waals surface area contributed by atoms with Crippen LogP contribution in [-0.2, 0) is 17.9 Å². The number of hydrogen-bond donors (Lipinski definition) is 3. The van der Waals surface area contributed by atoms with Gasteiger partial charge in [0.25, 0.3) is 11.8 Å². The first-order valence-corrected chi connectivity index (χ1v) is 10.2. The molecule has 3 aromatic carbocycles. The first-order valence-electron chi connectivity index (χ1n) is 10.2. The van der Waals surface area contributed by atoms with Crippen LogP contribution in [0.5, 0.6) is 0 Å². The molecule has 0 spiro atoms. The van der Waals surface area contributed by atoms with E-state index < -0.39 is 5.91 Å². The number of carbonyl (C=O) groups is 3. The first-order chi connectivity index (χ1) is 15.6. The van der Waals surface area contributed by atoms with Crippen molar-refractivity contribution in [3.05, 3.63) is 107 Å². The highest BCUT2D eigenvalue weighted by Gasteiger charge is 2.17. The van der Waals surface area contributed by atoms with Crippen LogP contribution in [0.25, 0.3) is 0 Å². The standard InChI is InChI=1S/C25H25N3O4/c29-23(26-17-19-7-3-1-4-8-19)15-16-28(25(31)22-9-5-2-6-10-22)18-20-11-13-21(14-12-20)24(30)27-32/h1-14,32H,15-18H2,(H,26,29)(H,27,30). The number of amides is 3. The summed E-state index contributed by atoms with van der Waals surface area (Å²) in [6, 6.07) is 25.1. The minimum absolute atomic E-state index is 0.144. The molecule has 0 bridgehead atoms. The van der Waals surface area contributed by atoms with Gasteiger partial charge in [0.15, 0.2) is 0 Å². The number of hydroxylamine groups is 1. The Morgan fingerprint density at radius 2 is 1.38 bits per heavy atom. The third-order valence-corrected chi connectivity index (χ3v) is 4.94. The maximum Gasteiger partial charge on any atom is 0.274 e. The Bertz CT molecular complexity index is 1040. The third-order valence-electron chi connectivity index (χ3n) is 4.94. The van der Waals surface area contributed by atoms with Crippen molar-refractivity contribution in [3.63, 3.8) is 0 Å². The van der Waals surface area contributed by atoms with Gasteiger partial charge in [-0.15, -0.1) is 0 Å². The van der Waals surface area contributed by atoms with Crippen LogP contribution >= 0.6 is 0 Å². The van der Waals surface area contributed by atoms with Crippen LogP contribution in [0.1, 0.15) is 38.3 Å². The minimum Gasteiger partial charge on any atom is -0.352 e. The van der Waals surface area contributed by atoms with Crippen LogP contribution in [0.3, 0.4) is 0 Å². The van der Waals surface area contributed by atoms with Crippen molar-refractivity contribution < 1.29 is 19.6 Å². The Kier molecular flexibility index (Phi) is 8.11. The quantitative estimate of drug-likeness (QED) is 0.358. The molecule has 0 saturated carbocycles. The van der Waals surface area contributed by atoms with Gasteiger partial charge in [0.1, 0.15) is 0 Å². The number of rotatable bonds is 9. The molecule has 7 nitrogen and oxygen atoms in total. The molecule has 0 saturated heterocycles. The van der Waals surface area contributed by atoms with E-state index in [0.29, 0.717) is 17.7 Å². The molecule has 164 valence electrons. The van der Waals surface area contributed by atoms with Gasteiger partial charge in [-0.1, -0.05) is 60.7 Å². The van der Waals surface area contributed by atoms with E-state index in [-0.39, 0.29) is 31.3 Å². The maximum absolute atomic E-state index is 13.1. The van der Waals surface area contributed by atoms with Crippen LogP contribution in [0.15, 0.2) is 84.9 Å². The fourth-order valence-corrected chi connectivity index (χ4v) is 3.18. The SMILES string of the molecule is O=C(CCN(Cc1ccc(C(=O)NO)cc1)C(=O)c1ccccc1)NCc1ccccc1. The topological polar surface area (TPSA) is 98.7 Å². The van der Waals surface area contributed by atoms with E-state index in [2.05, 4.69) is 5.32 Å². The molecule has 0 radical (unpaired) electrons. The highest BCUT2D eigenvalue weighted by Crippen LogP contribution is 2.12. The molecule has 0 aliphatic heterocycles. The van der Waals surface area contributed by atoms with Gasteiger partial charge in [-0.3, -0.25) is 19.6 Å². The molecule has 0 heterocycles. The van der Waals surface area contributed by atoms with Crippen LogP contribution in [0.4, 0.5) is 0 Å². The molecule has 3 N–H and O–H groups in total. The van der Waals surface area contributed by atoms with E-state index in [4.69, 9.17) is 5.21 Å². The molecule has 0 fully saturated rings. The lowest BCUT2D eigenvalue weighted by atomic mass is 10.1. The van der Waals surface area contributed by atoms with Gasteiger partial charge < -0.3 is 10.2 Å². The lowest BCUT2D eigenvalue weighted by Crippen LogP contribution is -2.34. The zero-order chi connectivity index (χ0) is 22.8. The van der Waals surface area contributed by atoms with Crippen LogP contribution in [0.2, 0.25) is 0 Å². The molecular weight excluding hydrogens is 406 g/mol. The summed E-state index contributed by atoms with van der Waals surface area (Å²) in [5.74, 6) is -0.933. The predicted molar refractivity (Wildman–Crippen MR) is 120 cm³/mol. The van der Waals surface area contributed by atoms with Crippen molar-refractivity contribution in [1.29, 1.82) is 0 Å². The highest BCUT2D eigenvalue weighted by molar-refractivity contribution is 5.94. The average molecular weight is 431 g/mol. The molecule has 7 heteroatoms. The van der Waals surface area contributed by atoms with Crippen LogP contribution < -0.4 is 10.8 Å². The average Bonchev–Trinajstić information content (AvgIpc) is 2.86. The Balaban J connectivity index is 1.66. The van der Waals surface area contributed by atoms with Gasteiger partial charge in [-0.25, -0.2) is 5.48 Å². The summed E-state index contributed by atoms with van der Waals surface area (Å²) in [6.07, 6.45) is 0.163. The van der Waals surface area contributed by atoms with Crippen molar-refractivity contribution in [2.75, 3.05) is 6.54 Å². The number of nitrogens with one attached hydrogen (secondary N) is 2. The summed E-state index contributed by atoms with van der Waals surface area (Å²) < 4.78 is 0. The Morgan fingerprint density at radius 3 is 2.00 bits per heavy atom. The zero-order valence-electron chi connectivity index (χ0n) is 17.5. The second-order valence-corrected chi connectivity index (χ2v) is 7.24. The summed E-state index contributed by atoms with van der Waals surface area (Å²) in [7, 11) is 0. The van der Waals surface area contributed by atoms with E-state index in [1.54, 1.807) is 58.9 Å². The molecule has 3 rings (SSSR count). The van der Waals surface area contributed by atoms with Gasteiger partial charge in [0, 0.05) is 37.2 Å². The molecular formula is C25H25N3O4. The fourth-order valence-electron chi connectivity index (χ4n) is 3.18. The van der Waals surface area contributed by atoms with E-state index in [1.807, 2.05) is 36.4 Å². The van der Waals surface area contributed by atoms with Crippen molar-refractivity contribution in [3.8, 4) is 0 Å². The second-order valence-electron chi connectivity index (χ2n) is 7.24. The molecule has 3 amide bonds.